The Morgan fingerprint density at radius 1 is 1.08 bits per heavy atom. The zero-order valence-electron chi connectivity index (χ0n) is 17.1. The van der Waals surface area contributed by atoms with Crippen molar-refractivity contribution in [1.29, 1.82) is 0 Å². The molecule has 1 aliphatic rings. The molecule has 5 heteroatoms. The third-order valence-corrected chi connectivity index (χ3v) is 4.31. The van der Waals surface area contributed by atoms with Gasteiger partial charge in [-0.15, -0.1) is 0 Å². The average Bonchev–Trinajstić information content (AvgIpc) is 2.71. The standard InChI is InChI=1S/C17H21N3O2.2C2H6/c1-11-10-19-17(20-6-4-3-5-7-20)13-9-15(22-2)14(16(18)21)8-12(11)13;2*1-2/h8-10H,3-7H2,1-2H3,(H2,18,21);2*1-2H3. The number of pyridine rings is 1. The number of aryl methyl sites for hydroxylation is 1. The Morgan fingerprint density at radius 3 is 2.23 bits per heavy atom. The minimum absolute atomic E-state index is 0.411. The molecular weight excluding hydrogens is 326 g/mol. The lowest BCUT2D eigenvalue weighted by Gasteiger charge is -2.29. The second kappa shape index (κ2) is 10.6. The normalized spacial score (nSPS) is 13.2. The van der Waals surface area contributed by atoms with Crippen LogP contribution in [0, 0.1) is 6.92 Å². The molecule has 1 aromatic heterocycles. The number of fused-ring (bicyclic) bond motifs is 1. The van der Waals surface area contributed by atoms with Crippen molar-refractivity contribution in [2.24, 2.45) is 5.73 Å². The van der Waals surface area contributed by atoms with Crippen LogP contribution >= 0.6 is 0 Å². The van der Waals surface area contributed by atoms with Crippen LogP contribution in [0.5, 0.6) is 5.75 Å². The fourth-order valence-corrected chi connectivity index (χ4v) is 3.11. The summed E-state index contributed by atoms with van der Waals surface area (Å²) in [6.45, 7) is 12.0. The van der Waals surface area contributed by atoms with E-state index in [1.165, 1.54) is 19.3 Å². The molecule has 1 aromatic carbocycles. The number of benzene rings is 1. The Hall–Kier alpha value is -2.30. The van der Waals surface area contributed by atoms with Gasteiger partial charge in [0.15, 0.2) is 0 Å². The summed E-state index contributed by atoms with van der Waals surface area (Å²) in [7, 11) is 1.55. The van der Waals surface area contributed by atoms with Crippen LogP contribution in [0.25, 0.3) is 10.8 Å². The van der Waals surface area contributed by atoms with E-state index in [1.54, 1.807) is 7.11 Å². The number of anilines is 1. The molecule has 2 aromatic rings. The highest BCUT2D eigenvalue weighted by molar-refractivity contribution is 6.04. The van der Waals surface area contributed by atoms with Crippen molar-refractivity contribution >= 4 is 22.5 Å². The van der Waals surface area contributed by atoms with Gasteiger partial charge in [0.1, 0.15) is 11.6 Å². The van der Waals surface area contributed by atoms with E-state index in [0.717, 1.165) is 35.2 Å². The largest absolute Gasteiger partial charge is 0.496 e. The molecule has 0 radical (unpaired) electrons. The van der Waals surface area contributed by atoms with E-state index in [4.69, 9.17) is 10.5 Å². The second-order valence-electron chi connectivity index (χ2n) is 5.77. The van der Waals surface area contributed by atoms with Gasteiger partial charge in [-0.05, 0) is 49.3 Å². The molecule has 0 saturated carbocycles. The summed E-state index contributed by atoms with van der Waals surface area (Å²) in [5.74, 6) is 0.995. The predicted molar refractivity (Wildman–Crippen MR) is 110 cm³/mol. The summed E-state index contributed by atoms with van der Waals surface area (Å²) in [5, 5.41) is 2.02. The Labute approximate surface area is 157 Å². The summed E-state index contributed by atoms with van der Waals surface area (Å²) in [6.07, 6.45) is 5.51. The molecule has 0 aliphatic carbocycles. The van der Waals surface area contributed by atoms with Crippen LogP contribution in [0.3, 0.4) is 0 Å². The zero-order valence-corrected chi connectivity index (χ0v) is 17.1. The van der Waals surface area contributed by atoms with Gasteiger partial charge < -0.3 is 15.4 Å². The van der Waals surface area contributed by atoms with E-state index in [2.05, 4.69) is 9.88 Å². The van der Waals surface area contributed by atoms with E-state index in [9.17, 15) is 4.79 Å². The van der Waals surface area contributed by atoms with E-state index in [1.807, 2.05) is 52.9 Å². The van der Waals surface area contributed by atoms with Gasteiger partial charge in [0.25, 0.3) is 5.91 Å². The lowest BCUT2D eigenvalue weighted by Crippen LogP contribution is -2.30. The molecule has 0 unspecified atom stereocenters. The number of nitrogens with two attached hydrogens (primary N) is 1. The SMILES string of the molecule is CC.CC.COc1cc2c(N3CCCCC3)ncc(C)c2cc1C(N)=O. The first kappa shape index (κ1) is 21.7. The highest BCUT2D eigenvalue weighted by Gasteiger charge is 2.19. The van der Waals surface area contributed by atoms with Gasteiger partial charge in [-0.25, -0.2) is 4.98 Å². The summed E-state index contributed by atoms with van der Waals surface area (Å²) in [5.41, 5.74) is 6.91. The Morgan fingerprint density at radius 2 is 1.69 bits per heavy atom. The molecule has 3 rings (SSSR count). The van der Waals surface area contributed by atoms with Crippen molar-refractivity contribution in [3.8, 4) is 5.75 Å². The third-order valence-electron chi connectivity index (χ3n) is 4.31. The van der Waals surface area contributed by atoms with Gasteiger partial charge in [-0.3, -0.25) is 4.79 Å². The van der Waals surface area contributed by atoms with Crippen molar-refractivity contribution in [2.45, 2.75) is 53.9 Å². The number of carbonyl (C=O) groups excluding carboxylic acids is 1. The predicted octanol–water partition coefficient (Wildman–Crippen LogP) is 4.69. The maximum atomic E-state index is 11.6. The molecule has 5 nitrogen and oxygen atoms in total. The number of piperidine rings is 1. The van der Waals surface area contributed by atoms with Gasteiger partial charge >= 0.3 is 0 Å². The first-order valence-corrected chi connectivity index (χ1v) is 9.64. The number of methoxy groups -OCH3 is 1. The second-order valence-corrected chi connectivity index (χ2v) is 5.77. The summed E-state index contributed by atoms with van der Waals surface area (Å²) < 4.78 is 5.35. The molecule has 144 valence electrons. The average molecular weight is 360 g/mol. The molecule has 1 saturated heterocycles. The first-order valence-electron chi connectivity index (χ1n) is 9.64. The van der Waals surface area contributed by atoms with Crippen LogP contribution in [0.4, 0.5) is 5.82 Å². The van der Waals surface area contributed by atoms with Crippen LogP contribution < -0.4 is 15.4 Å². The number of amides is 1. The summed E-state index contributed by atoms with van der Waals surface area (Å²) in [4.78, 5) is 18.6. The van der Waals surface area contributed by atoms with E-state index >= 15 is 0 Å². The molecular formula is C21H33N3O2. The quantitative estimate of drug-likeness (QED) is 0.863. The topological polar surface area (TPSA) is 68.4 Å². The van der Waals surface area contributed by atoms with Crippen molar-refractivity contribution < 1.29 is 9.53 Å². The van der Waals surface area contributed by atoms with E-state index in [-0.39, 0.29) is 0 Å². The molecule has 26 heavy (non-hydrogen) atoms. The number of ether oxygens (including phenoxy) is 1. The number of rotatable bonds is 3. The molecule has 1 amide bonds. The summed E-state index contributed by atoms with van der Waals surface area (Å²) >= 11 is 0. The Bertz CT molecular complexity index is 723. The van der Waals surface area contributed by atoms with Gasteiger partial charge in [-0.2, -0.15) is 0 Å². The number of hydrogen-bond acceptors (Lipinski definition) is 4. The van der Waals surface area contributed by atoms with Crippen LogP contribution in [-0.2, 0) is 0 Å². The van der Waals surface area contributed by atoms with Crippen molar-refractivity contribution in [3.63, 3.8) is 0 Å². The maximum Gasteiger partial charge on any atom is 0.252 e. The van der Waals surface area contributed by atoms with Gasteiger partial charge in [0, 0.05) is 24.7 Å². The molecule has 2 N–H and O–H groups in total. The van der Waals surface area contributed by atoms with Gasteiger partial charge in [-0.1, -0.05) is 27.7 Å². The number of primary amides is 1. The zero-order chi connectivity index (χ0) is 19.7. The first-order chi connectivity index (χ1) is 12.6. The van der Waals surface area contributed by atoms with E-state index < -0.39 is 5.91 Å². The number of nitrogens with zero attached hydrogens (tertiary/aromatic N) is 2. The lowest BCUT2D eigenvalue weighted by molar-refractivity contribution is 0.0997. The minimum atomic E-state index is -0.477. The highest BCUT2D eigenvalue weighted by Crippen LogP contribution is 2.34. The van der Waals surface area contributed by atoms with Gasteiger partial charge in [0.05, 0.1) is 12.7 Å². The fraction of sp³-hybridized carbons (Fsp3) is 0.524. The van der Waals surface area contributed by atoms with E-state index in [0.29, 0.717) is 11.3 Å². The monoisotopic (exact) mass is 359 g/mol. The van der Waals surface area contributed by atoms with Crippen molar-refractivity contribution in [2.75, 3.05) is 25.1 Å². The molecule has 0 spiro atoms. The fourth-order valence-electron chi connectivity index (χ4n) is 3.11. The molecule has 2 heterocycles. The van der Waals surface area contributed by atoms with Crippen LogP contribution in [0.1, 0.15) is 62.9 Å². The third kappa shape index (κ3) is 4.65. The number of aromatic nitrogens is 1. The van der Waals surface area contributed by atoms with Crippen LogP contribution in [0.2, 0.25) is 0 Å². The smallest absolute Gasteiger partial charge is 0.252 e. The molecule has 1 aliphatic heterocycles. The number of carbonyl (C=O) groups is 1. The molecule has 1 fully saturated rings. The molecule has 0 atom stereocenters. The Kier molecular flexibility index (Phi) is 8.90. The van der Waals surface area contributed by atoms with Gasteiger partial charge in [0.2, 0.25) is 0 Å². The highest BCUT2D eigenvalue weighted by atomic mass is 16.5. The van der Waals surface area contributed by atoms with Crippen molar-refractivity contribution in [1.82, 2.24) is 4.98 Å². The number of hydrogen-bond donors (Lipinski definition) is 1. The molecule has 0 bridgehead atoms. The van der Waals surface area contributed by atoms with Crippen molar-refractivity contribution in [3.05, 3.63) is 29.5 Å². The lowest BCUT2D eigenvalue weighted by atomic mass is 10.0. The maximum absolute atomic E-state index is 11.6. The minimum Gasteiger partial charge on any atom is -0.496 e. The van der Waals surface area contributed by atoms with Crippen LogP contribution in [-0.4, -0.2) is 31.1 Å². The Balaban J connectivity index is 0.000000791. The van der Waals surface area contributed by atoms with Crippen LogP contribution in [0.15, 0.2) is 18.3 Å². The summed E-state index contributed by atoms with van der Waals surface area (Å²) in [6, 6.07) is 3.71.